The van der Waals surface area contributed by atoms with Crippen molar-refractivity contribution in [2.45, 2.75) is 32.9 Å². The van der Waals surface area contributed by atoms with Gasteiger partial charge in [-0.05, 0) is 38.2 Å². The molecule has 0 radical (unpaired) electrons. The summed E-state index contributed by atoms with van der Waals surface area (Å²) in [5, 5.41) is 7.27. The summed E-state index contributed by atoms with van der Waals surface area (Å²) in [6.07, 6.45) is 2.86. The summed E-state index contributed by atoms with van der Waals surface area (Å²) in [7, 11) is 0. The number of aryl methyl sites for hydroxylation is 2. The number of hydrogen-bond donors (Lipinski definition) is 1. The van der Waals surface area contributed by atoms with Crippen molar-refractivity contribution in [3.05, 3.63) is 41.3 Å². The van der Waals surface area contributed by atoms with Crippen molar-refractivity contribution in [1.29, 1.82) is 0 Å². The fourth-order valence-electron chi connectivity index (χ4n) is 2.64. The first-order valence-electron chi connectivity index (χ1n) is 8.11. The van der Waals surface area contributed by atoms with E-state index in [9.17, 15) is 4.79 Å². The van der Waals surface area contributed by atoms with Crippen molar-refractivity contribution < 1.29 is 9.53 Å². The molecular formula is C17H22N4O2S. The zero-order valence-corrected chi connectivity index (χ0v) is 14.8. The Labute approximate surface area is 146 Å². The summed E-state index contributed by atoms with van der Waals surface area (Å²) < 4.78 is 7.68. The lowest BCUT2D eigenvalue weighted by molar-refractivity contribution is 0.0951. The number of rotatable bonds is 6. The minimum atomic E-state index is -0.132. The van der Waals surface area contributed by atoms with Crippen molar-refractivity contribution in [3.63, 3.8) is 0 Å². The Balaban J connectivity index is 1.48. The molecule has 0 aromatic carbocycles. The smallest absolute Gasteiger partial charge is 0.252 e. The molecule has 0 spiro atoms. The van der Waals surface area contributed by atoms with E-state index < -0.39 is 0 Å². The molecule has 1 fully saturated rings. The molecule has 0 bridgehead atoms. The maximum atomic E-state index is 12.2. The minimum Gasteiger partial charge on any atom is -0.473 e. The second-order valence-corrected chi connectivity index (χ2v) is 7.04. The Hall–Kier alpha value is -2.02. The van der Waals surface area contributed by atoms with Gasteiger partial charge in [0.1, 0.15) is 6.10 Å². The molecule has 1 amide bonds. The standard InChI is InChI=1S/C17H22N4O2S/c1-12-9-13(2)21(20-12)7-6-18-17(22)14-3-4-16(19-10-14)23-15-5-8-24-11-15/h3-4,9-10,15H,5-8,11H2,1-2H3,(H,18,22). The van der Waals surface area contributed by atoms with Gasteiger partial charge in [-0.3, -0.25) is 9.48 Å². The number of carbonyl (C=O) groups is 1. The van der Waals surface area contributed by atoms with Gasteiger partial charge < -0.3 is 10.1 Å². The van der Waals surface area contributed by atoms with Crippen LogP contribution in [0.25, 0.3) is 0 Å². The van der Waals surface area contributed by atoms with Crippen LogP contribution in [-0.4, -0.2) is 44.8 Å². The van der Waals surface area contributed by atoms with Gasteiger partial charge in [-0.2, -0.15) is 16.9 Å². The van der Waals surface area contributed by atoms with Crippen LogP contribution in [0.4, 0.5) is 0 Å². The van der Waals surface area contributed by atoms with E-state index in [1.54, 1.807) is 18.3 Å². The number of thioether (sulfide) groups is 1. The molecule has 6 nitrogen and oxygen atoms in total. The number of hydrogen-bond acceptors (Lipinski definition) is 5. The molecule has 1 aliphatic rings. The molecule has 128 valence electrons. The summed E-state index contributed by atoms with van der Waals surface area (Å²) in [6, 6.07) is 5.54. The highest BCUT2D eigenvalue weighted by Crippen LogP contribution is 2.21. The van der Waals surface area contributed by atoms with E-state index in [0.717, 1.165) is 29.3 Å². The molecule has 3 rings (SSSR count). The van der Waals surface area contributed by atoms with Crippen LogP contribution in [0.1, 0.15) is 28.2 Å². The number of nitrogens with zero attached hydrogens (tertiary/aromatic N) is 3. The monoisotopic (exact) mass is 346 g/mol. The summed E-state index contributed by atoms with van der Waals surface area (Å²) in [6.45, 7) is 5.15. The van der Waals surface area contributed by atoms with E-state index in [0.29, 0.717) is 24.5 Å². The number of nitrogens with one attached hydrogen (secondary N) is 1. The summed E-state index contributed by atoms with van der Waals surface area (Å²) in [4.78, 5) is 16.4. The van der Waals surface area contributed by atoms with E-state index in [4.69, 9.17) is 4.74 Å². The van der Waals surface area contributed by atoms with Gasteiger partial charge in [-0.25, -0.2) is 4.98 Å². The summed E-state index contributed by atoms with van der Waals surface area (Å²) >= 11 is 1.90. The average Bonchev–Trinajstić information content (AvgIpc) is 3.18. The van der Waals surface area contributed by atoms with Crippen LogP contribution < -0.4 is 10.1 Å². The van der Waals surface area contributed by atoms with Crippen molar-refractivity contribution >= 4 is 17.7 Å². The molecule has 1 unspecified atom stereocenters. The molecule has 1 aliphatic heterocycles. The van der Waals surface area contributed by atoms with E-state index in [2.05, 4.69) is 15.4 Å². The van der Waals surface area contributed by atoms with Crippen molar-refractivity contribution in [1.82, 2.24) is 20.1 Å². The maximum Gasteiger partial charge on any atom is 0.252 e. The third-order valence-corrected chi connectivity index (χ3v) is 5.02. The topological polar surface area (TPSA) is 69.0 Å². The van der Waals surface area contributed by atoms with Gasteiger partial charge in [0.15, 0.2) is 0 Å². The van der Waals surface area contributed by atoms with Crippen molar-refractivity contribution in [2.24, 2.45) is 0 Å². The normalized spacial score (nSPS) is 17.0. The summed E-state index contributed by atoms with van der Waals surface area (Å²) in [5.41, 5.74) is 2.62. The molecule has 0 saturated carbocycles. The molecular weight excluding hydrogens is 324 g/mol. The second kappa shape index (κ2) is 7.70. The van der Waals surface area contributed by atoms with Gasteiger partial charge in [0.25, 0.3) is 5.91 Å². The Kier molecular flexibility index (Phi) is 5.40. The predicted octanol–water partition coefficient (Wildman–Crippen LogP) is 2.21. The van der Waals surface area contributed by atoms with Crippen LogP contribution in [0, 0.1) is 13.8 Å². The van der Waals surface area contributed by atoms with Gasteiger partial charge >= 0.3 is 0 Å². The minimum absolute atomic E-state index is 0.132. The zero-order chi connectivity index (χ0) is 16.9. The van der Waals surface area contributed by atoms with E-state index in [-0.39, 0.29) is 12.0 Å². The first-order chi connectivity index (χ1) is 11.6. The zero-order valence-electron chi connectivity index (χ0n) is 14.0. The largest absolute Gasteiger partial charge is 0.473 e. The lowest BCUT2D eigenvalue weighted by Crippen LogP contribution is -2.28. The van der Waals surface area contributed by atoms with Crippen LogP contribution in [0.3, 0.4) is 0 Å². The number of pyridine rings is 1. The fraction of sp³-hybridized carbons (Fsp3) is 0.471. The van der Waals surface area contributed by atoms with Crippen LogP contribution in [0.2, 0.25) is 0 Å². The molecule has 2 aromatic heterocycles. The lowest BCUT2D eigenvalue weighted by atomic mass is 10.2. The Morgan fingerprint density at radius 3 is 2.96 bits per heavy atom. The first kappa shape index (κ1) is 16.8. The molecule has 2 aromatic rings. The molecule has 3 heterocycles. The van der Waals surface area contributed by atoms with Crippen LogP contribution in [0.5, 0.6) is 5.88 Å². The molecule has 1 N–H and O–H groups in total. The van der Waals surface area contributed by atoms with Crippen LogP contribution >= 0.6 is 11.8 Å². The molecule has 1 atom stereocenters. The average molecular weight is 346 g/mol. The van der Waals surface area contributed by atoms with Gasteiger partial charge in [-0.1, -0.05) is 0 Å². The Bertz CT molecular complexity index is 693. The Morgan fingerprint density at radius 1 is 1.46 bits per heavy atom. The van der Waals surface area contributed by atoms with E-state index in [1.165, 1.54) is 0 Å². The molecule has 1 saturated heterocycles. The third kappa shape index (κ3) is 4.29. The van der Waals surface area contributed by atoms with Gasteiger partial charge in [0.05, 0.1) is 17.8 Å². The predicted molar refractivity (Wildman–Crippen MR) is 94.6 cm³/mol. The lowest BCUT2D eigenvalue weighted by Gasteiger charge is -2.11. The highest BCUT2D eigenvalue weighted by atomic mass is 32.2. The summed E-state index contributed by atoms with van der Waals surface area (Å²) in [5.74, 6) is 2.60. The van der Waals surface area contributed by atoms with E-state index in [1.807, 2.05) is 36.4 Å². The fourth-order valence-corrected chi connectivity index (χ4v) is 3.73. The van der Waals surface area contributed by atoms with Crippen molar-refractivity contribution in [3.8, 4) is 5.88 Å². The quantitative estimate of drug-likeness (QED) is 0.868. The number of amides is 1. The van der Waals surface area contributed by atoms with E-state index >= 15 is 0 Å². The third-order valence-electron chi connectivity index (χ3n) is 3.89. The molecule has 0 aliphatic carbocycles. The molecule has 24 heavy (non-hydrogen) atoms. The van der Waals surface area contributed by atoms with Crippen LogP contribution in [-0.2, 0) is 6.54 Å². The first-order valence-corrected chi connectivity index (χ1v) is 9.27. The highest BCUT2D eigenvalue weighted by molar-refractivity contribution is 7.99. The number of carbonyl (C=O) groups excluding carboxylic acids is 1. The van der Waals surface area contributed by atoms with Gasteiger partial charge in [0, 0.05) is 30.3 Å². The highest BCUT2D eigenvalue weighted by Gasteiger charge is 2.17. The molecule has 7 heteroatoms. The number of aromatic nitrogens is 3. The SMILES string of the molecule is Cc1cc(C)n(CCNC(=O)c2ccc(OC3CCSC3)nc2)n1. The maximum absolute atomic E-state index is 12.2. The van der Waals surface area contributed by atoms with Crippen molar-refractivity contribution in [2.75, 3.05) is 18.1 Å². The van der Waals surface area contributed by atoms with Gasteiger partial charge in [-0.15, -0.1) is 0 Å². The van der Waals surface area contributed by atoms with Crippen LogP contribution in [0.15, 0.2) is 24.4 Å². The van der Waals surface area contributed by atoms with Gasteiger partial charge in [0.2, 0.25) is 5.88 Å². The number of ether oxygens (including phenoxy) is 1. The second-order valence-electron chi connectivity index (χ2n) is 5.89. The Morgan fingerprint density at radius 2 is 2.33 bits per heavy atom.